The average molecular weight is 803 g/mol. The van der Waals surface area contributed by atoms with Gasteiger partial charge >= 0.3 is 19.1 Å². The van der Waals surface area contributed by atoms with E-state index in [4.69, 9.17) is 17.2 Å². The van der Waals surface area contributed by atoms with Gasteiger partial charge in [-0.2, -0.15) is 0 Å². The van der Waals surface area contributed by atoms with Crippen LogP contribution in [-0.4, -0.2) is 69.2 Å². The molecule has 1 saturated heterocycles. The number of hydrogen-bond donors (Lipinski definition) is 3. The van der Waals surface area contributed by atoms with Gasteiger partial charge in [-0.15, -0.1) is 39.5 Å². The summed E-state index contributed by atoms with van der Waals surface area (Å²) in [5.74, 6) is -0.719. The Morgan fingerprint density at radius 2 is 1.10 bits per heavy atom. The maximum absolute atomic E-state index is 12.1. The summed E-state index contributed by atoms with van der Waals surface area (Å²) in [7, 11) is 4.08. The van der Waals surface area contributed by atoms with E-state index in [2.05, 4.69) is 53.1 Å². The number of likely N-dealkylation sites (tertiary alicyclic amines) is 1. The third kappa shape index (κ3) is 14.6. The highest BCUT2D eigenvalue weighted by Gasteiger charge is 2.33. The molecule has 0 bridgehead atoms. The Hall–Kier alpha value is -4.03. The van der Waals surface area contributed by atoms with E-state index >= 15 is 0 Å². The predicted molar refractivity (Wildman–Crippen MR) is 180 cm³/mol. The highest BCUT2D eigenvalue weighted by Crippen LogP contribution is 2.35. The summed E-state index contributed by atoms with van der Waals surface area (Å²) in [6.07, 6.45) is -9.23. The summed E-state index contributed by atoms with van der Waals surface area (Å²) in [5, 5.41) is 0. The van der Waals surface area contributed by atoms with Gasteiger partial charge in [-0.25, -0.2) is 0 Å². The molecule has 3 aromatic carbocycles. The summed E-state index contributed by atoms with van der Waals surface area (Å²) < 4.78 is 120. The Morgan fingerprint density at radius 1 is 0.627 bits per heavy atom. The van der Waals surface area contributed by atoms with E-state index in [9.17, 15) is 39.5 Å². The zero-order valence-electron chi connectivity index (χ0n) is 27.4. The Bertz CT molecular complexity index is 1630. The van der Waals surface area contributed by atoms with Crippen molar-refractivity contribution >= 4 is 38.6 Å². The number of halogens is 10. The van der Waals surface area contributed by atoms with Crippen molar-refractivity contribution in [3.8, 4) is 17.2 Å². The molecule has 2 heterocycles. The molecule has 0 aliphatic carbocycles. The largest absolute Gasteiger partial charge is 0.573 e. The van der Waals surface area contributed by atoms with Gasteiger partial charge < -0.3 is 41.2 Å². The smallest absolute Gasteiger partial charge is 0.404 e. The Kier molecular flexibility index (Phi) is 14.2. The van der Waals surface area contributed by atoms with E-state index in [1.165, 1.54) is 30.3 Å². The summed E-state index contributed by atoms with van der Waals surface area (Å²) >= 11 is 3.06. The quantitative estimate of drug-likeness (QED) is 0.174. The van der Waals surface area contributed by atoms with E-state index in [1.807, 2.05) is 7.05 Å². The van der Waals surface area contributed by atoms with Gasteiger partial charge in [0.15, 0.2) is 17.2 Å². The van der Waals surface area contributed by atoms with Crippen molar-refractivity contribution in [2.45, 2.75) is 44.3 Å². The van der Waals surface area contributed by atoms with Crippen molar-refractivity contribution in [2.24, 2.45) is 0 Å². The number of nitrogen functional groups attached to an aromatic ring is 3. The second kappa shape index (κ2) is 17.5. The van der Waals surface area contributed by atoms with Crippen molar-refractivity contribution in [2.75, 3.05) is 57.5 Å². The first kappa shape index (κ1) is 41.4. The molecule has 0 amide bonds. The fourth-order valence-electron chi connectivity index (χ4n) is 5.12. The van der Waals surface area contributed by atoms with Gasteiger partial charge in [0.2, 0.25) is 0 Å². The molecule has 3 aromatic rings. The number of nitrogens with zero attached hydrogens (tertiary/aromatic N) is 2. The van der Waals surface area contributed by atoms with Crippen molar-refractivity contribution in [3.05, 3.63) is 76.3 Å². The number of benzene rings is 3. The molecule has 51 heavy (non-hydrogen) atoms. The zero-order chi connectivity index (χ0) is 38.1. The SMILES string of the molecule is CN1CC=C(c2ccc(OC(F)(F)F)c(N)c2)CC1.CN1CCC(c2ccc(OC(F)(F)F)c(N)c2)CC1.Nc1cc(Br)ccc1OC(F)(F)F. The average Bonchev–Trinajstić information content (AvgIpc) is 3.00. The second-order valence-electron chi connectivity index (χ2n) is 11.7. The summed E-state index contributed by atoms with van der Waals surface area (Å²) in [5.41, 5.74) is 19.4. The van der Waals surface area contributed by atoms with E-state index in [0.29, 0.717) is 10.4 Å². The van der Waals surface area contributed by atoms with Crippen LogP contribution in [0, 0.1) is 0 Å². The highest BCUT2D eigenvalue weighted by molar-refractivity contribution is 9.10. The third-order valence-corrected chi connectivity index (χ3v) is 8.16. The molecule has 0 unspecified atom stereocenters. The molecule has 282 valence electrons. The van der Waals surface area contributed by atoms with E-state index in [1.54, 1.807) is 18.2 Å². The van der Waals surface area contributed by atoms with E-state index in [0.717, 1.165) is 68.2 Å². The summed E-state index contributed by atoms with van der Waals surface area (Å²) in [4.78, 5) is 4.40. The number of anilines is 3. The summed E-state index contributed by atoms with van der Waals surface area (Å²) in [6, 6.07) is 12.9. The predicted octanol–water partition coefficient (Wildman–Crippen LogP) is 8.79. The van der Waals surface area contributed by atoms with Crippen LogP contribution in [0.4, 0.5) is 56.6 Å². The first-order valence-corrected chi connectivity index (χ1v) is 16.1. The number of alkyl halides is 9. The van der Waals surface area contributed by atoms with Crippen LogP contribution in [0.2, 0.25) is 0 Å². The zero-order valence-corrected chi connectivity index (χ0v) is 29.0. The van der Waals surface area contributed by atoms with Crippen LogP contribution in [0.15, 0.2) is 65.1 Å². The molecule has 0 spiro atoms. The normalized spacial score (nSPS) is 16.2. The van der Waals surface area contributed by atoms with Gasteiger partial charge in [0.25, 0.3) is 0 Å². The van der Waals surface area contributed by atoms with Gasteiger partial charge in [0.1, 0.15) is 0 Å². The molecule has 18 heteroatoms. The van der Waals surface area contributed by atoms with Crippen LogP contribution in [0.25, 0.3) is 5.57 Å². The topological polar surface area (TPSA) is 112 Å². The number of likely N-dealkylation sites (N-methyl/N-ethyl adjacent to an activating group) is 1. The monoisotopic (exact) mass is 801 g/mol. The number of piperidine rings is 1. The molecule has 6 N–H and O–H groups in total. The van der Waals surface area contributed by atoms with Crippen molar-refractivity contribution in [3.63, 3.8) is 0 Å². The second-order valence-corrected chi connectivity index (χ2v) is 12.6. The van der Waals surface area contributed by atoms with Crippen LogP contribution in [0.1, 0.15) is 36.3 Å². The third-order valence-electron chi connectivity index (χ3n) is 7.67. The Labute approximate surface area is 297 Å². The van der Waals surface area contributed by atoms with Gasteiger partial charge in [-0.3, -0.25) is 0 Å². The number of nitrogens with two attached hydrogens (primary N) is 3. The van der Waals surface area contributed by atoms with Gasteiger partial charge in [0.05, 0.1) is 17.1 Å². The molecule has 8 nitrogen and oxygen atoms in total. The van der Waals surface area contributed by atoms with E-state index < -0.39 is 24.8 Å². The van der Waals surface area contributed by atoms with Gasteiger partial charge in [-0.1, -0.05) is 34.1 Å². The van der Waals surface area contributed by atoms with Crippen LogP contribution in [-0.2, 0) is 0 Å². The van der Waals surface area contributed by atoms with Crippen molar-refractivity contribution < 1.29 is 53.7 Å². The maximum Gasteiger partial charge on any atom is 0.573 e. The standard InChI is InChI=1S/C13H17F3N2O.C13H15F3N2O.C7H5BrF3NO/c2*1-18-6-4-9(5-7-18)10-2-3-12(11(17)8-10)19-13(14,15)16;8-4-1-2-6(5(12)3-4)13-7(9,10)11/h2-3,8-9H,4-7,17H2,1H3;2-4,8H,5-7,17H2,1H3;1-3H,12H2. The van der Waals surface area contributed by atoms with Gasteiger partial charge in [0, 0.05) is 17.6 Å². The minimum Gasteiger partial charge on any atom is -0.404 e. The summed E-state index contributed by atoms with van der Waals surface area (Å²) in [6.45, 7) is 3.74. The lowest BCUT2D eigenvalue weighted by Gasteiger charge is -2.29. The van der Waals surface area contributed by atoms with Crippen LogP contribution in [0.3, 0.4) is 0 Å². The lowest BCUT2D eigenvalue weighted by atomic mass is 9.89. The molecule has 0 aromatic heterocycles. The Balaban J connectivity index is 0.000000211. The molecule has 0 saturated carbocycles. The van der Waals surface area contributed by atoms with E-state index in [-0.39, 0.29) is 28.6 Å². The van der Waals surface area contributed by atoms with Gasteiger partial charge in [-0.05, 0) is 112 Å². The lowest BCUT2D eigenvalue weighted by molar-refractivity contribution is -0.275. The molecule has 0 radical (unpaired) electrons. The molecule has 2 aliphatic heterocycles. The van der Waals surface area contributed by atoms with Crippen molar-refractivity contribution in [1.82, 2.24) is 9.80 Å². The van der Waals surface area contributed by atoms with Crippen LogP contribution < -0.4 is 31.4 Å². The minimum absolute atomic E-state index is 0.00495. The molecule has 5 rings (SSSR count). The van der Waals surface area contributed by atoms with Crippen LogP contribution in [0.5, 0.6) is 17.2 Å². The van der Waals surface area contributed by atoms with Crippen molar-refractivity contribution in [1.29, 1.82) is 0 Å². The molecular weight excluding hydrogens is 765 g/mol. The molecular formula is C33H37BrF9N5O3. The number of hydrogen-bond acceptors (Lipinski definition) is 8. The van der Waals surface area contributed by atoms with Crippen LogP contribution >= 0.6 is 15.9 Å². The fraction of sp³-hybridized carbons (Fsp3) is 0.394. The molecule has 2 aliphatic rings. The lowest BCUT2D eigenvalue weighted by Crippen LogP contribution is -2.29. The Morgan fingerprint density at radius 3 is 1.53 bits per heavy atom. The molecule has 1 fully saturated rings. The fourth-order valence-corrected chi connectivity index (χ4v) is 5.49. The first-order chi connectivity index (χ1) is 23.6. The first-order valence-electron chi connectivity index (χ1n) is 15.3. The molecule has 0 atom stereocenters. The number of ether oxygens (including phenoxy) is 3. The maximum atomic E-state index is 12.1. The highest BCUT2D eigenvalue weighted by atomic mass is 79.9. The minimum atomic E-state index is -4.72. The number of rotatable bonds is 5.